The van der Waals surface area contributed by atoms with Crippen LogP contribution in [0.2, 0.25) is 0 Å². The fourth-order valence-electron chi connectivity index (χ4n) is 5.78. The number of aromatic hydroxyl groups is 1. The Morgan fingerprint density at radius 3 is 2.56 bits per heavy atom. The number of ether oxygens (including phenoxy) is 1. The number of para-hydroxylation sites is 1. The number of aromatic nitrogens is 4. The van der Waals surface area contributed by atoms with E-state index in [-0.39, 0.29) is 23.7 Å². The Hall–Kier alpha value is -3.20. The second kappa shape index (κ2) is 10.8. The number of likely N-dealkylation sites (tertiary alicyclic amines) is 1. The average Bonchev–Trinajstić information content (AvgIpc) is 3.27. The van der Waals surface area contributed by atoms with Crippen LogP contribution in [0.3, 0.4) is 0 Å². The van der Waals surface area contributed by atoms with Gasteiger partial charge in [-0.2, -0.15) is 5.10 Å². The molecule has 0 spiro atoms. The smallest absolute Gasteiger partial charge is 0.308 e. The molecule has 0 radical (unpaired) electrons. The second-order valence-corrected chi connectivity index (χ2v) is 10.1. The summed E-state index contributed by atoms with van der Waals surface area (Å²) in [5.74, 6) is 1.64. The summed E-state index contributed by atoms with van der Waals surface area (Å²) in [5, 5.41) is 27.5. The molecule has 2 aromatic heterocycles. The van der Waals surface area contributed by atoms with Crippen molar-refractivity contribution in [1.82, 2.24) is 24.9 Å². The summed E-state index contributed by atoms with van der Waals surface area (Å²) < 4.78 is 7.05. The Kier molecular flexibility index (Phi) is 7.36. The lowest BCUT2D eigenvalue weighted by molar-refractivity contribution is -0.146. The number of hydrogen-bond acceptors (Lipinski definition) is 8. The van der Waals surface area contributed by atoms with Gasteiger partial charge in [0.1, 0.15) is 5.75 Å². The number of methoxy groups -OCH3 is 1. The maximum absolute atomic E-state index is 11.8. The molecule has 1 saturated heterocycles. The van der Waals surface area contributed by atoms with Gasteiger partial charge in [0.05, 0.1) is 30.3 Å². The number of carbonyl (C=O) groups is 1. The van der Waals surface area contributed by atoms with Crippen molar-refractivity contribution in [2.45, 2.75) is 51.5 Å². The quantitative estimate of drug-likeness (QED) is 0.472. The highest BCUT2D eigenvalue weighted by Gasteiger charge is 2.30. The van der Waals surface area contributed by atoms with E-state index in [1.54, 1.807) is 12.1 Å². The minimum Gasteiger partial charge on any atom is -0.507 e. The van der Waals surface area contributed by atoms with Gasteiger partial charge in [0.2, 0.25) is 0 Å². The first-order valence-corrected chi connectivity index (χ1v) is 13.2. The highest BCUT2D eigenvalue weighted by Crippen LogP contribution is 2.35. The first-order valence-electron chi connectivity index (χ1n) is 13.2. The molecular weight excluding hydrogens is 456 g/mol. The minimum atomic E-state index is -0.0482. The van der Waals surface area contributed by atoms with Gasteiger partial charge in [-0.25, -0.2) is 0 Å². The Bertz CT molecular complexity index is 1200. The molecule has 2 fully saturated rings. The molecule has 1 saturated carbocycles. The molecule has 2 aliphatic rings. The SMILES string of the molecule is CCNc1nn(C2CCN(CC3CCC(C(=O)OC)CC3)CC2)c2cc(-c3ccccc3O)nnc12. The van der Waals surface area contributed by atoms with Crippen molar-refractivity contribution in [3.8, 4) is 17.0 Å². The molecule has 36 heavy (non-hydrogen) atoms. The second-order valence-electron chi connectivity index (χ2n) is 10.1. The van der Waals surface area contributed by atoms with Gasteiger partial charge >= 0.3 is 5.97 Å². The van der Waals surface area contributed by atoms with Gasteiger partial charge < -0.3 is 20.1 Å². The van der Waals surface area contributed by atoms with Crippen LogP contribution < -0.4 is 5.32 Å². The van der Waals surface area contributed by atoms with Crippen LogP contribution in [0.5, 0.6) is 5.75 Å². The fraction of sp³-hybridized carbons (Fsp3) is 0.556. The van der Waals surface area contributed by atoms with Gasteiger partial charge in [-0.05, 0) is 69.6 Å². The van der Waals surface area contributed by atoms with Crippen molar-refractivity contribution in [3.05, 3.63) is 30.3 Å². The van der Waals surface area contributed by atoms with Crippen molar-refractivity contribution in [3.63, 3.8) is 0 Å². The molecule has 5 rings (SSSR count). The zero-order valence-corrected chi connectivity index (χ0v) is 21.2. The highest BCUT2D eigenvalue weighted by atomic mass is 16.5. The summed E-state index contributed by atoms with van der Waals surface area (Å²) in [5.41, 5.74) is 3.02. The molecular formula is C27H36N6O3. The third-order valence-corrected chi connectivity index (χ3v) is 7.78. The molecule has 9 nitrogen and oxygen atoms in total. The van der Waals surface area contributed by atoms with Crippen molar-refractivity contribution >= 4 is 22.8 Å². The molecule has 9 heteroatoms. The molecule has 1 aliphatic heterocycles. The van der Waals surface area contributed by atoms with Gasteiger partial charge in [-0.3, -0.25) is 9.48 Å². The molecule has 3 heterocycles. The van der Waals surface area contributed by atoms with E-state index in [1.807, 2.05) is 25.1 Å². The number of nitrogens with zero attached hydrogens (tertiary/aromatic N) is 5. The first-order chi connectivity index (χ1) is 17.6. The number of nitrogens with one attached hydrogen (secondary N) is 1. The third kappa shape index (κ3) is 5.02. The van der Waals surface area contributed by atoms with E-state index >= 15 is 0 Å². The largest absolute Gasteiger partial charge is 0.507 e. The molecule has 0 unspecified atom stereocenters. The predicted octanol–water partition coefficient (Wildman–Crippen LogP) is 4.25. The number of hydrogen-bond donors (Lipinski definition) is 2. The zero-order valence-electron chi connectivity index (χ0n) is 21.2. The van der Waals surface area contributed by atoms with Gasteiger partial charge in [0.15, 0.2) is 11.3 Å². The van der Waals surface area contributed by atoms with E-state index in [0.29, 0.717) is 17.2 Å². The number of carbonyl (C=O) groups excluding carboxylic acids is 1. The van der Waals surface area contributed by atoms with Gasteiger partial charge in [0.25, 0.3) is 0 Å². The maximum atomic E-state index is 11.8. The van der Waals surface area contributed by atoms with Crippen molar-refractivity contribution in [1.29, 1.82) is 0 Å². The number of piperidine rings is 1. The Labute approximate surface area is 211 Å². The van der Waals surface area contributed by atoms with Crippen LogP contribution in [0.4, 0.5) is 5.82 Å². The van der Waals surface area contributed by atoms with Gasteiger partial charge in [-0.15, -0.1) is 10.2 Å². The van der Waals surface area contributed by atoms with E-state index < -0.39 is 0 Å². The maximum Gasteiger partial charge on any atom is 0.308 e. The number of anilines is 1. The summed E-state index contributed by atoms with van der Waals surface area (Å²) >= 11 is 0. The van der Waals surface area contributed by atoms with Crippen LogP contribution >= 0.6 is 0 Å². The predicted molar refractivity (Wildman–Crippen MR) is 139 cm³/mol. The lowest BCUT2D eigenvalue weighted by Crippen LogP contribution is -2.39. The number of phenols is 1. The third-order valence-electron chi connectivity index (χ3n) is 7.78. The Morgan fingerprint density at radius 1 is 1.11 bits per heavy atom. The van der Waals surface area contributed by atoms with Crippen LogP contribution in [0.15, 0.2) is 30.3 Å². The standard InChI is InChI=1S/C27H36N6O3/c1-3-28-26-25-23(16-22(29-30-25)21-6-4-5-7-24(21)34)33(31-26)20-12-14-32(15-13-20)17-18-8-10-19(11-9-18)27(35)36-2/h4-7,16,18-20,34H,3,8-15,17H2,1-2H3,(H,28,31). The average molecular weight is 493 g/mol. The summed E-state index contributed by atoms with van der Waals surface area (Å²) in [4.78, 5) is 14.4. The molecule has 0 atom stereocenters. The van der Waals surface area contributed by atoms with Crippen LogP contribution in [0.1, 0.15) is 51.5 Å². The lowest BCUT2D eigenvalue weighted by Gasteiger charge is -2.36. The van der Waals surface area contributed by atoms with Crippen LogP contribution in [0, 0.1) is 11.8 Å². The van der Waals surface area contributed by atoms with Crippen LogP contribution in [-0.2, 0) is 9.53 Å². The zero-order chi connectivity index (χ0) is 25.1. The van der Waals surface area contributed by atoms with Crippen molar-refractivity contribution in [2.75, 3.05) is 38.6 Å². The molecule has 1 aliphatic carbocycles. The van der Waals surface area contributed by atoms with E-state index in [9.17, 15) is 9.90 Å². The molecule has 1 aromatic carbocycles. The van der Waals surface area contributed by atoms with E-state index in [0.717, 1.165) is 81.6 Å². The fourth-order valence-corrected chi connectivity index (χ4v) is 5.78. The minimum absolute atomic E-state index is 0.0482. The number of benzene rings is 1. The summed E-state index contributed by atoms with van der Waals surface area (Å²) in [7, 11) is 1.49. The summed E-state index contributed by atoms with van der Waals surface area (Å²) in [6.45, 7) is 5.97. The van der Waals surface area contributed by atoms with Crippen molar-refractivity contribution in [2.24, 2.45) is 11.8 Å². The van der Waals surface area contributed by atoms with Gasteiger partial charge in [-0.1, -0.05) is 12.1 Å². The topological polar surface area (TPSA) is 105 Å². The number of rotatable bonds is 7. The molecule has 0 bridgehead atoms. The molecule has 3 aromatic rings. The number of fused-ring (bicyclic) bond motifs is 1. The highest BCUT2D eigenvalue weighted by molar-refractivity contribution is 5.88. The summed E-state index contributed by atoms with van der Waals surface area (Å²) in [6, 6.07) is 9.50. The van der Waals surface area contributed by atoms with E-state index in [2.05, 4.69) is 25.1 Å². The normalized spacial score (nSPS) is 21.5. The monoisotopic (exact) mass is 492 g/mol. The summed E-state index contributed by atoms with van der Waals surface area (Å²) in [6.07, 6.45) is 6.13. The molecule has 2 N–H and O–H groups in total. The lowest BCUT2D eigenvalue weighted by atomic mass is 9.81. The van der Waals surface area contributed by atoms with E-state index in [1.165, 1.54) is 7.11 Å². The Morgan fingerprint density at radius 2 is 1.86 bits per heavy atom. The van der Waals surface area contributed by atoms with Crippen molar-refractivity contribution < 1.29 is 14.6 Å². The molecule has 0 amide bonds. The first kappa shape index (κ1) is 24.5. The van der Waals surface area contributed by atoms with Crippen LogP contribution in [0.25, 0.3) is 22.3 Å². The number of phenolic OH excluding ortho intramolecular Hbond substituents is 1. The van der Waals surface area contributed by atoms with E-state index in [4.69, 9.17) is 9.84 Å². The molecule has 192 valence electrons. The Balaban J connectivity index is 1.28. The van der Waals surface area contributed by atoms with Crippen LogP contribution in [-0.4, -0.2) is 69.2 Å². The van der Waals surface area contributed by atoms with Gasteiger partial charge in [0, 0.05) is 31.7 Å². The number of esters is 1.